The van der Waals surface area contributed by atoms with Crippen molar-refractivity contribution in [1.82, 2.24) is 4.98 Å². The molecule has 0 atom stereocenters. The fourth-order valence-electron chi connectivity index (χ4n) is 2.12. The SMILES string of the molecule is Cc1ccc(Nc2c(F)c(F)cc(F)c2-c2ncco2)c(F)c1. The lowest BCUT2D eigenvalue weighted by atomic mass is 10.1. The molecule has 0 fully saturated rings. The molecule has 0 radical (unpaired) electrons. The summed E-state index contributed by atoms with van der Waals surface area (Å²) in [4.78, 5) is 3.73. The Hall–Kier alpha value is -2.83. The van der Waals surface area contributed by atoms with E-state index in [-0.39, 0.29) is 11.6 Å². The number of rotatable bonds is 3. The van der Waals surface area contributed by atoms with Crippen molar-refractivity contribution in [1.29, 1.82) is 0 Å². The average molecular weight is 322 g/mol. The van der Waals surface area contributed by atoms with Crippen LogP contribution in [0.2, 0.25) is 0 Å². The van der Waals surface area contributed by atoms with Gasteiger partial charge in [-0.25, -0.2) is 22.5 Å². The standard InChI is InChI=1S/C16H10F4N2O/c1-8-2-3-12(9(17)6-8)22-15-13(16-21-4-5-23-16)10(18)7-11(19)14(15)20/h2-7,22H,1H3. The number of hydrogen-bond donors (Lipinski definition) is 1. The van der Waals surface area contributed by atoms with E-state index in [4.69, 9.17) is 4.42 Å². The molecule has 0 aliphatic carbocycles. The molecule has 0 unspecified atom stereocenters. The highest BCUT2D eigenvalue weighted by Crippen LogP contribution is 2.36. The molecule has 2 aromatic carbocycles. The summed E-state index contributed by atoms with van der Waals surface area (Å²) in [7, 11) is 0. The van der Waals surface area contributed by atoms with Gasteiger partial charge in [0.1, 0.15) is 17.9 Å². The lowest BCUT2D eigenvalue weighted by molar-refractivity contribution is 0.495. The van der Waals surface area contributed by atoms with Gasteiger partial charge in [-0.3, -0.25) is 0 Å². The van der Waals surface area contributed by atoms with E-state index in [2.05, 4.69) is 10.3 Å². The van der Waals surface area contributed by atoms with Crippen LogP contribution < -0.4 is 5.32 Å². The number of benzene rings is 2. The Kier molecular flexibility index (Phi) is 3.77. The minimum absolute atomic E-state index is 0.132. The van der Waals surface area contributed by atoms with Gasteiger partial charge in [-0.15, -0.1) is 0 Å². The van der Waals surface area contributed by atoms with Crippen LogP contribution in [0.15, 0.2) is 41.1 Å². The Balaban J connectivity index is 2.17. The van der Waals surface area contributed by atoms with Crippen LogP contribution in [0.4, 0.5) is 28.9 Å². The molecule has 1 aromatic heterocycles. The van der Waals surface area contributed by atoms with E-state index in [1.165, 1.54) is 18.3 Å². The first-order chi connectivity index (χ1) is 11.0. The summed E-state index contributed by atoms with van der Waals surface area (Å²) in [5.41, 5.74) is -0.499. The first-order valence-corrected chi connectivity index (χ1v) is 6.58. The van der Waals surface area contributed by atoms with Crippen LogP contribution >= 0.6 is 0 Å². The molecule has 0 aliphatic rings. The van der Waals surface area contributed by atoms with Gasteiger partial charge in [-0.05, 0) is 24.6 Å². The third-order valence-electron chi connectivity index (χ3n) is 3.20. The third kappa shape index (κ3) is 2.77. The van der Waals surface area contributed by atoms with Gasteiger partial charge >= 0.3 is 0 Å². The maximum absolute atomic E-state index is 14.1. The second-order valence-electron chi connectivity index (χ2n) is 4.85. The van der Waals surface area contributed by atoms with E-state index < -0.39 is 34.5 Å². The Morgan fingerprint density at radius 2 is 1.78 bits per heavy atom. The maximum atomic E-state index is 14.1. The van der Waals surface area contributed by atoms with E-state index >= 15 is 0 Å². The van der Waals surface area contributed by atoms with Crippen LogP contribution in [0.5, 0.6) is 0 Å². The number of nitrogens with one attached hydrogen (secondary N) is 1. The normalized spacial score (nSPS) is 10.8. The molecule has 1 heterocycles. The highest BCUT2D eigenvalue weighted by atomic mass is 19.2. The molecule has 0 amide bonds. The summed E-state index contributed by atoms with van der Waals surface area (Å²) in [6, 6.07) is 4.50. The summed E-state index contributed by atoms with van der Waals surface area (Å²) in [6.45, 7) is 1.67. The van der Waals surface area contributed by atoms with Crippen LogP contribution in [0.25, 0.3) is 11.5 Å². The zero-order valence-corrected chi connectivity index (χ0v) is 11.8. The molecule has 3 nitrogen and oxygen atoms in total. The van der Waals surface area contributed by atoms with Gasteiger partial charge in [0.25, 0.3) is 0 Å². The molecule has 118 valence electrons. The van der Waals surface area contributed by atoms with Crippen LogP contribution in [0, 0.1) is 30.2 Å². The summed E-state index contributed by atoms with van der Waals surface area (Å²) >= 11 is 0. The van der Waals surface area contributed by atoms with Crippen molar-refractivity contribution in [2.45, 2.75) is 6.92 Å². The number of oxazole rings is 1. The molecule has 3 aromatic rings. The third-order valence-corrected chi connectivity index (χ3v) is 3.20. The van der Waals surface area contributed by atoms with Crippen molar-refractivity contribution >= 4 is 11.4 Å². The van der Waals surface area contributed by atoms with Gasteiger partial charge in [-0.2, -0.15) is 0 Å². The first kappa shape index (κ1) is 15.1. The highest BCUT2D eigenvalue weighted by Gasteiger charge is 2.23. The van der Waals surface area contributed by atoms with E-state index in [0.717, 1.165) is 6.26 Å². The zero-order chi connectivity index (χ0) is 16.6. The molecule has 0 spiro atoms. The van der Waals surface area contributed by atoms with Gasteiger partial charge < -0.3 is 9.73 Å². The van der Waals surface area contributed by atoms with E-state index in [1.54, 1.807) is 13.0 Å². The average Bonchev–Trinajstić information content (AvgIpc) is 3.01. The maximum Gasteiger partial charge on any atom is 0.231 e. The van der Waals surface area contributed by atoms with Gasteiger partial charge in [0.15, 0.2) is 11.6 Å². The summed E-state index contributed by atoms with van der Waals surface area (Å²) in [5.74, 6) is -4.79. The molecule has 0 bridgehead atoms. The van der Waals surface area contributed by atoms with Crippen molar-refractivity contribution in [3.05, 3.63) is 65.6 Å². The quantitative estimate of drug-likeness (QED) is 0.548. The number of nitrogens with zero attached hydrogens (tertiary/aromatic N) is 1. The number of aryl methyl sites for hydroxylation is 1. The lowest BCUT2D eigenvalue weighted by Gasteiger charge is -2.13. The molecule has 7 heteroatoms. The predicted molar refractivity (Wildman–Crippen MR) is 76.2 cm³/mol. The van der Waals surface area contributed by atoms with Crippen molar-refractivity contribution in [3.63, 3.8) is 0 Å². The summed E-state index contributed by atoms with van der Waals surface area (Å²) in [6.07, 6.45) is 2.39. The Morgan fingerprint density at radius 3 is 2.43 bits per heavy atom. The largest absolute Gasteiger partial charge is 0.444 e. The fraction of sp³-hybridized carbons (Fsp3) is 0.0625. The number of hydrogen-bond acceptors (Lipinski definition) is 3. The van der Waals surface area contributed by atoms with E-state index in [0.29, 0.717) is 11.6 Å². The molecule has 23 heavy (non-hydrogen) atoms. The van der Waals surface area contributed by atoms with Gasteiger partial charge in [0.05, 0.1) is 23.1 Å². The minimum atomic E-state index is -1.41. The van der Waals surface area contributed by atoms with Crippen LogP contribution in [-0.2, 0) is 0 Å². The Labute approximate surface area is 128 Å². The van der Waals surface area contributed by atoms with Crippen LogP contribution in [-0.4, -0.2) is 4.98 Å². The second-order valence-corrected chi connectivity index (χ2v) is 4.85. The monoisotopic (exact) mass is 322 g/mol. The summed E-state index contributed by atoms with van der Waals surface area (Å²) in [5, 5.41) is 2.38. The van der Waals surface area contributed by atoms with E-state index in [1.807, 2.05) is 0 Å². The minimum Gasteiger partial charge on any atom is -0.444 e. The molecule has 0 aliphatic heterocycles. The van der Waals surface area contributed by atoms with Crippen LogP contribution in [0.3, 0.4) is 0 Å². The predicted octanol–water partition coefficient (Wildman–Crippen LogP) is 4.95. The molecule has 0 saturated carbocycles. The van der Waals surface area contributed by atoms with Crippen molar-refractivity contribution in [3.8, 4) is 11.5 Å². The highest BCUT2D eigenvalue weighted by molar-refractivity contribution is 5.78. The van der Waals surface area contributed by atoms with Gasteiger partial charge in [-0.1, -0.05) is 6.07 Å². The van der Waals surface area contributed by atoms with Crippen molar-refractivity contribution in [2.75, 3.05) is 5.32 Å². The topological polar surface area (TPSA) is 38.1 Å². The second kappa shape index (κ2) is 5.75. The molecular weight excluding hydrogens is 312 g/mol. The number of anilines is 2. The number of halogens is 4. The zero-order valence-electron chi connectivity index (χ0n) is 11.8. The lowest BCUT2D eigenvalue weighted by Crippen LogP contribution is -2.04. The molecule has 1 N–H and O–H groups in total. The Morgan fingerprint density at radius 1 is 1.00 bits per heavy atom. The molecular formula is C16H10F4N2O. The van der Waals surface area contributed by atoms with E-state index in [9.17, 15) is 17.6 Å². The van der Waals surface area contributed by atoms with Crippen molar-refractivity contribution < 1.29 is 22.0 Å². The van der Waals surface area contributed by atoms with Crippen molar-refractivity contribution in [2.24, 2.45) is 0 Å². The number of aromatic nitrogens is 1. The summed E-state index contributed by atoms with van der Waals surface area (Å²) < 4.78 is 60.6. The fourth-order valence-corrected chi connectivity index (χ4v) is 2.12. The van der Waals surface area contributed by atoms with Crippen LogP contribution in [0.1, 0.15) is 5.56 Å². The smallest absolute Gasteiger partial charge is 0.231 e. The molecule has 3 rings (SSSR count). The Bertz CT molecular complexity index is 863. The first-order valence-electron chi connectivity index (χ1n) is 6.58. The van der Waals surface area contributed by atoms with Gasteiger partial charge in [0, 0.05) is 6.07 Å². The van der Waals surface area contributed by atoms with Gasteiger partial charge in [0.2, 0.25) is 5.89 Å². The molecule has 0 saturated heterocycles.